The van der Waals surface area contributed by atoms with E-state index in [0.717, 1.165) is 17.0 Å². The zero-order chi connectivity index (χ0) is 15.2. The first-order valence-corrected chi connectivity index (χ1v) is 6.70. The van der Waals surface area contributed by atoms with Crippen LogP contribution in [-0.2, 0) is 6.54 Å². The van der Waals surface area contributed by atoms with E-state index in [-0.39, 0.29) is 0 Å². The third-order valence-electron chi connectivity index (χ3n) is 3.03. The zero-order valence-electron chi connectivity index (χ0n) is 11.8. The minimum absolute atomic E-state index is 0.515. The minimum Gasteiger partial charge on any atom is -0.495 e. The second-order valence-electron chi connectivity index (χ2n) is 4.34. The van der Waals surface area contributed by atoms with Crippen molar-refractivity contribution in [1.82, 2.24) is 0 Å². The Morgan fingerprint density at radius 2 is 1.86 bits per heavy atom. The standard InChI is InChI=1S/C16H15ClN2O2/c1-20-15-6-5-13(17)8-14(15)19-10-11-3-4-12(9-18)16(7-11)21-2/h3-8,19H,10H2,1-2H3. The fourth-order valence-corrected chi connectivity index (χ4v) is 2.13. The fourth-order valence-electron chi connectivity index (χ4n) is 1.95. The van der Waals surface area contributed by atoms with Crippen LogP contribution in [0.4, 0.5) is 5.69 Å². The highest BCUT2D eigenvalue weighted by Gasteiger charge is 2.06. The number of halogens is 1. The molecular formula is C16H15ClN2O2. The first-order chi connectivity index (χ1) is 10.2. The molecule has 108 valence electrons. The van der Waals surface area contributed by atoms with E-state index in [1.165, 1.54) is 0 Å². The summed E-state index contributed by atoms with van der Waals surface area (Å²) in [6.07, 6.45) is 0. The molecule has 0 spiro atoms. The van der Waals surface area contributed by atoms with Crippen LogP contribution in [0.1, 0.15) is 11.1 Å². The molecule has 0 fully saturated rings. The molecule has 0 aliphatic rings. The highest BCUT2D eigenvalue weighted by molar-refractivity contribution is 6.30. The Bertz CT molecular complexity index is 680. The SMILES string of the molecule is COc1cc(CNc2cc(Cl)ccc2OC)ccc1C#N. The molecule has 2 aromatic carbocycles. The van der Waals surface area contributed by atoms with E-state index in [1.54, 1.807) is 32.4 Å². The number of ether oxygens (including phenoxy) is 2. The normalized spacial score (nSPS) is 9.81. The monoisotopic (exact) mass is 302 g/mol. The van der Waals surface area contributed by atoms with Gasteiger partial charge in [-0.05, 0) is 35.9 Å². The molecule has 4 nitrogen and oxygen atoms in total. The average molecular weight is 303 g/mol. The van der Waals surface area contributed by atoms with Gasteiger partial charge in [0.05, 0.1) is 25.5 Å². The van der Waals surface area contributed by atoms with Crippen LogP contribution in [0.15, 0.2) is 36.4 Å². The van der Waals surface area contributed by atoms with E-state index >= 15 is 0 Å². The van der Waals surface area contributed by atoms with Crippen molar-refractivity contribution in [3.05, 3.63) is 52.5 Å². The lowest BCUT2D eigenvalue weighted by Gasteiger charge is -2.12. The van der Waals surface area contributed by atoms with Crippen molar-refractivity contribution in [3.63, 3.8) is 0 Å². The van der Waals surface area contributed by atoms with E-state index < -0.39 is 0 Å². The van der Waals surface area contributed by atoms with Crippen LogP contribution < -0.4 is 14.8 Å². The highest BCUT2D eigenvalue weighted by Crippen LogP contribution is 2.28. The van der Waals surface area contributed by atoms with Gasteiger partial charge < -0.3 is 14.8 Å². The molecule has 0 heterocycles. The Morgan fingerprint density at radius 1 is 1.10 bits per heavy atom. The molecule has 5 heteroatoms. The van der Waals surface area contributed by atoms with E-state index in [2.05, 4.69) is 11.4 Å². The summed E-state index contributed by atoms with van der Waals surface area (Å²) in [4.78, 5) is 0. The van der Waals surface area contributed by atoms with Gasteiger partial charge >= 0.3 is 0 Å². The Kier molecular flexibility index (Phi) is 4.91. The molecule has 0 atom stereocenters. The van der Waals surface area contributed by atoms with Crippen molar-refractivity contribution in [2.45, 2.75) is 6.54 Å². The van der Waals surface area contributed by atoms with Crippen molar-refractivity contribution >= 4 is 17.3 Å². The molecule has 2 aromatic rings. The maximum atomic E-state index is 8.97. The van der Waals surface area contributed by atoms with Gasteiger partial charge in [-0.15, -0.1) is 0 Å². The minimum atomic E-state index is 0.515. The summed E-state index contributed by atoms with van der Waals surface area (Å²) in [6, 6.07) is 12.9. The van der Waals surface area contributed by atoms with E-state index in [1.807, 2.05) is 18.2 Å². The van der Waals surface area contributed by atoms with E-state index in [0.29, 0.717) is 22.9 Å². The maximum absolute atomic E-state index is 8.97. The molecular weight excluding hydrogens is 288 g/mol. The first kappa shape index (κ1) is 15.0. The number of hydrogen-bond donors (Lipinski definition) is 1. The van der Waals surface area contributed by atoms with Gasteiger partial charge in [-0.1, -0.05) is 17.7 Å². The smallest absolute Gasteiger partial charge is 0.142 e. The molecule has 0 bridgehead atoms. The van der Waals surface area contributed by atoms with E-state index in [4.69, 9.17) is 26.3 Å². The van der Waals surface area contributed by atoms with Crippen LogP contribution in [0, 0.1) is 11.3 Å². The number of nitrogens with one attached hydrogen (secondary N) is 1. The topological polar surface area (TPSA) is 54.3 Å². The fraction of sp³-hybridized carbons (Fsp3) is 0.188. The second-order valence-corrected chi connectivity index (χ2v) is 4.78. The van der Waals surface area contributed by atoms with Crippen molar-refractivity contribution in [3.8, 4) is 17.6 Å². The third-order valence-corrected chi connectivity index (χ3v) is 3.27. The molecule has 0 saturated carbocycles. The Morgan fingerprint density at radius 3 is 2.52 bits per heavy atom. The summed E-state index contributed by atoms with van der Waals surface area (Å²) in [5, 5.41) is 12.9. The summed E-state index contributed by atoms with van der Waals surface area (Å²) in [5.74, 6) is 1.29. The summed E-state index contributed by atoms with van der Waals surface area (Å²) in [6.45, 7) is 0.568. The number of hydrogen-bond acceptors (Lipinski definition) is 4. The van der Waals surface area contributed by atoms with Gasteiger partial charge in [0.2, 0.25) is 0 Å². The average Bonchev–Trinajstić information content (AvgIpc) is 2.52. The summed E-state index contributed by atoms with van der Waals surface area (Å²) >= 11 is 5.99. The number of rotatable bonds is 5. The molecule has 0 unspecified atom stereocenters. The molecule has 0 aliphatic heterocycles. The number of nitriles is 1. The molecule has 2 rings (SSSR count). The van der Waals surface area contributed by atoms with Crippen molar-refractivity contribution in [2.75, 3.05) is 19.5 Å². The summed E-state index contributed by atoms with van der Waals surface area (Å²) in [5.41, 5.74) is 2.32. The Labute approximate surface area is 128 Å². The van der Waals surface area contributed by atoms with Crippen molar-refractivity contribution in [1.29, 1.82) is 5.26 Å². The van der Waals surface area contributed by atoms with Gasteiger partial charge in [0.25, 0.3) is 0 Å². The quantitative estimate of drug-likeness (QED) is 0.911. The van der Waals surface area contributed by atoms with Crippen molar-refractivity contribution < 1.29 is 9.47 Å². The van der Waals surface area contributed by atoms with Crippen LogP contribution in [0.2, 0.25) is 5.02 Å². The van der Waals surface area contributed by atoms with Crippen molar-refractivity contribution in [2.24, 2.45) is 0 Å². The molecule has 0 radical (unpaired) electrons. The Balaban J connectivity index is 2.17. The number of methoxy groups -OCH3 is 2. The zero-order valence-corrected chi connectivity index (χ0v) is 12.6. The Hall–Kier alpha value is -2.38. The third kappa shape index (κ3) is 3.59. The molecule has 0 aromatic heterocycles. The van der Waals surface area contributed by atoms with E-state index in [9.17, 15) is 0 Å². The van der Waals surface area contributed by atoms with Gasteiger partial charge in [-0.2, -0.15) is 5.26 Å². The lowest BCUT2D eigenvalue weighted by Crippen LogP contribution is -2.02. The van der Waals surface area contributed by atoms with Crippen LogP contribution in [-0.4, -0.2) is 14.2 Å². The summed E-state index contributed by atoms with van der Waals surface area (Å²) in [7, 11) is 3.16. The van der Waals surface area contributed by atoms with Gasteiger partial charge in [-0.3, -0.25) is 0 Å². The largest absolute Gasteiger partial charge is 0.495 e. The van der Waals surface area contributed by atoms with Crippen LogP contribution in [0.5, 0.6) is 11.5 Å². The van der Waals surface area contributed by atoms with Gasteiger partial charge in [-0.25, -0.2) is 0 Å². The maximum Gasteiger partial charge on any atom is 0.142 e. The number of benzene rings is 2. The lowest BCUT2D eigenvalue weighted by atomic mass is 10.1. The molecule has 0 saturated heterocycles. The predicted octanol–water partition coefficient (Wildman–Crippen LogP) is 3.84. The molecule has 0 aliphatic carbocycles. The number of nitrogens with zero attached hydrogens (tertiary/aromatic N) is 1. The van der Waals surface area contributed by atoms with Gasteiger partial charge in [0.15, 0.2) is 0 Å². The molecule has 0 amide bonds. The lowest BCUT2D eigenvalue weighted by molar-refractivity contribution is 0.413. The van der Waals surface area contributed by atoms with Crippen LogP contribution >= 0.6 is 11.6 Å². The summed E-state index contributed by atoms with van der Waals surface area (Å²) < 4.78 is 10.5. The van der Waals surface area contributed by atoms with Crippen LogP contribution in [0.3, 0.4) is 0 Å². The molecule has 1 N–H and O–H groups in total. The predicted molar refractivity (Wildman–Crippen MR) is 83.0 cm³/mol. The van der Waals surface area contributed by atoms with Crippen LogP contribution in [0.25, 0.3) is 0 Å². The van der Waals surface area contributed by atoms with Gasteiger partial charge in [0.1, 0.15) is 17.6 Å². The molecule has 21 heavy (non-hydrogen) atoms. The second kappa shape index (κ2) is 6.87. The first-order valence-electron chi connectivity index (χ1n) is 6.32. The number of anilines is 1. The van der Waals surface area contributed by atoms with Gasteiger partial charge in [0, 0.05) is 11.6 Å². The highest BCUT2D eigenvalue weighted by atomic mass is 35.5.